The molecule has 0 radical (unpaired) electrons. The lowest BCUT2D eigenvalue weighted by molar-refractivity contribution is -0.127. The van der Waals surface area contributed by atoms with E-state index in [1.165, 1.54) is 25.7 Å². The zero-order valence-corrected chi connectivity index (χ0v) is 12.5. The van der Waals surface area contributed by atoms with Crippen molar-refractivity contribution in [1.82, 2.24) is 15.5 Å². The van der Waals surface area contributed by atoms with E-state index < -0.39 is 0 Å². The van der Waals surface area contributed by atoms with E-state index >= 15 is 0 Å². The monoisotopic (exact) mass is 268 g/mol. The number of aliphatic imine (C=N–C) groups is 1. The fourth-order valence-electron chi connectivity index (χ4n) is 2.09. The van der Waals surface area contributed by atoms with Gasteiger partial charge in [-0.3, -0.25) is 4.79 Å². The number of rotatable bonds is 6. The Kier molecular flexibility index (Phi) is 7.30. The number of hydrogen-bond acceptors (Lipinski definition) is 2. The molecule has 5 heteroatoms. The lowest BCUT2D eigenvalue weighted by atomic mass is 10.2. The minimum Gasteiger partial charge on any atom is -0.356 e. The molecule has 1 rings (SSSR count). The van der Waals surface area contributed by atoms with E-state index in [4.69, 9.17) is 0 Å². The standard InChI is InChI=1S/C14H28N4O/c1-4-5-10-15-14(16-11-13(19)18(2)3)17-12-8-6-7-9-12/h12H,4-11H2,1-3H3,(H2,15,16,17). The number of nitrogens with zero attached hydrogens (tertiary/aromatic N) is 2. The molecule has 0 aromatic heterocycles. The first-order valence-corrected chi connectivity index (χ1v) is 7.38. The van der Waals surface area contributed by atoms with Crippen molar-refractivity contribution in [3.05, 3.63) is 0 Å². The van der Waals surface area contributed by atoms with Crippen LogP contribution in [0.5, 0.6) is 0 Å². The zero-order valence-electron chi connectivity index (χ0n) is 12.5. The molecule has 110 valence electrons. The molecule has 1 aliphatic carbocycles. The number of unbranched alkanes of at least 4 members (excludes halogenated alkanes) is 1. The quantitative estimate of drug-likeness (QED) is 0.434. The SMILES string of the molecule is CCCCNC(=NCC(=O)N(C)C)NC1CCCC1. The molecule has 0 aromatic rings. The molecule has 1 amide bonds. The average molecular weight is 268 g/mol. The van der Waals surface area contributed by atoms with Crippen molar-refractivity contribution in [3.8, 4) is 0 Å². The Bertz CT molecular complexity index is 296. The van der Waals surface area contributed by atoms with Gasteiger partial charge in [0.2, 0.25) is 5.91 Å². The van der Waals surface area contributed by atoms with E-state index in [1.807, 2.05) is 0 Å². The summed E-state index contributed by atoms with van der Waals surface area (Å²) in [6, 6.07) is 0.516. The topological polar surface area (TPSA) is 56.7 Å². The van der Waals surface area contributed by atoms with Crippen LogP contribution in [0.3, 0.4) is 0 Å². The fourth-order valence-corrected chi connectivity index (χ4v) is 2.09. The summed E-state index contributed by atoms with van der Waals surface area (Å²) < 4.78 is 0. The van der Waals surface area contributed by atoms with E-state index in [0.717, 1.165) is 25.3 Å². The van der Waals surface area contributed by atoms with Gasteiger partial charge in [0.15, 0.2) is 5.96 Å². The Labute approximate surface area is 116 Å². The Hall–Kier alpha value is -1.26. The fraction of sp³-hybridized carbons (Fsp3) is 0.857. The number of nitrogens with one attached hydrogen (secondary N) is 2. The molecule has 0 aliphatic heterocycles. The summed E-state index contributed by atoms with van der Waals surface area (Å²) in [5.74, 6) is 0.818. The molecule has 0 bridgehead atoms. The lowest BCUT2D eigenvalue weighted by Crippen LogP contribution is -2.43. The second-order valence-electron chi connectivity index (χ2n) is 5.36. The van der Waals surface area contributed by atoms with Crippen LogP contribution < -0.4 is 10.6 Å². The molecule has 1 aliphatic rings. The number of guanidine groups is 1. The van der Waals surface area contributed by atoms with Crippen molar-refractivity contribution in [2.24, 2.45) is 4.99 Å². The largest absolute Gasteiger partial charge is 0.356 e. The highest BCUT2D eigenvalue weighted by Crippen LogP contribution is 2.17. The van der Waals surface area contributed by atoms with Crippen molar-refractivity contribution >= 4 is 11.9 Å². The van der Waals surface area contributed by atoms with Crippen LogP contribution in [0.15, 0.2) is 4.99 Å². The summed E-state index contributed by atoms with van der Waals surface area (Å²) in [5, 5.41) is 6.75. The van der Waals surface area contributed by atoms with Gasteiger partial charge in [-0.2, -0.15) is 0 Å². The molecule has 0 atom stereocenters. The molecule has 1 fully saturated rings. The second-order valence-corrected chi connectivity index (χ2v) is 5.36. The van der Waals surface area contributed by atoms with Gasteiger partial charge >= 0.3 is 0 Å². The van der Waals surface area contributed by atoms with Crippen LogP contribution >= 0.6 is 0 Å². The number of carbonyl (C=O) groups is 1. The van der Waals surface area contributed by atoms with Crippen LogP contribution in [0.25, 0.3) is 0 Å². The van der Waals surface area contributed by atoms with Crippen LogP contribution in [0.4, 0.5) is 0 Å². The molecule has 0 aromatic carbocycles. The molecule has 1 saturated carbocycles. The number of carbonyl (C=O) groups excluding carboxylic acids is 1. The normalized spacial score (nSPS) is 16.5. The summed E-state index contributed by atoms with van der Waals surface area (Å²) in [6.07, 6.45) is 7.26. The van der Waals surface area contributed by atoms with Gasteiger partial charge in [-0.25, -0.2) is 4.99 Å². The van der Waals surface area contributed by atoms with E-state index in [0.29, 0.717) is 6.04 Å². The summed E-state index contributed by atoms with van der Waals surface area (Å²) in [4.78, 5) is 17.5. The molecule has 5 nitrogen and oxygen atoms in total. The predicted octanol–water partition coefficient (Wildman–Crippen LogP) is 1.35. The minimum absolute atomic E-state index is 0.0306. The molecule has 19 heavy (non-hydrogen) atoms. The van der Waals surface area contributed by atoms with Gasteiger partial charge in [0.1, 0.15) is 6.54 Å². The third kappa shape index (κ3) is 6.45. The average Bonchev–Trinajstić information content (AvgIpc) is 2.88. The minimum atomic E-state index is 0.0306. The first-order chi connectivity index (χ1) is 9.13. The molecule has 0 saturated heterocycles. The van der Waals surface area contributed by atoms with Gasteiger partial charge < -0.3 is 15.5 Å². The van der Waals surface area contributed by atoms with Gasteiger partial charge in [-0.05, 0) is 19.3 Å². The first kappa shape index (κ1) is 15.8. The van der Waals surface area contributed by atoms with Crippen LogP contribution in [0.1, 0.15) is 45.4 Å². The number of hydrogen-bond donors (Lipinski definition) is 2. The van der Waals surface area contributed by atoms with Crippen LogP contribution in [0.2, 0.25) is 0 Å². The number of amides is 1. The van der Waals surface area contributed by atoms with Crippen molar-refractivity contribution < 1.29 is 4.79 Å². The van der Waals surface area contributed by atoms with Crippen molar-refractivity contribution in [3.63, 3.8) is 0 Å². The number of likely N-dealkylation sites (N-methyl/N-ethyl adjacent to an activating group) is 1. The first-order valence-electron chi connectivity index (χ1n) is 7.38. The lowest BCUT2D eigenvalue weighted by Gasteiger charge is -2.17. The molecule has 0 unspecified atom stereocenters. The van der Waals surface area contributed by atoms with Gasteiger partial charge in [0.05, 0.1) is 0 Å². The van der Waals surface area contributed by atoms with Gasteiger partial charge in [-0.15, -0.1) is 0 Å². The van der Waals surface area contributed by atoms with E-state index in [2.05, 4.69) is 22.5 Å². The molecular weight excluding hydrogens is 240 g/mol. The van der Waals surface area contributed by atoms with E-state index in [-0.39, 0.29) is 12.5 Å². The Morgan fingerprint density at radius 2 is 2.00 bits per heavy atom. The summed E-state index contributed by atoms with van der Waals surface area (Å²) >= 11 is 0. The maximum absolute atomic E-state index is 11.6. The van der Waals surface area contributed by atoms with Crippen molar-refractivity contribution in [2.45, 2.75) is 51.5 Å². The molecule has 2 N–H and O–H groups in total. The molecule has 0 spiro atoms. The second kappa shape index (κ2) is 8.77. The highest BCUT2D eigenvalue weighted by molar-refractivity contribution is 5.84. The van der Waals surface area contributed by atoms with Gasteiger partial charge in [0.25, 0.3) is 0 Å². The molecule has 0 heterocycles. The highest BCUT2D eigenvalue weighted by Gasteiger charge is 2.16. The zero-order chi connectivity index (χ0) is 14.1. The Morgan fingerprint density at radius 1 is 1.32 bits per heavy atom. The van der Waals surface area contributed by atoms with Gasteiger partial charge in [-0.1, -0.05) is 26.2 Å². The summed E-state index contributed by atoms with van der Waals surface area (Å²) in [7, 11) is 3.51. The third-order valence-electron chi connectivity index (χ3n) is 3.39. The van der Waals surface area contributed by atoms with Crippen LogP contribution in [-0.2, 0) is 4.79 Å². The van der Waals surface area contributed by atoms with E-state index in [9.17, 15) is 4.79 Å². The highest BCUT2D eigenvalue weighted by atomic mass is 16.2. The van der Waals surface area contributed by atoms with Crippen LogP contribution in [-0.4, -0.2) is 50.0 Å². The third-order valence-corrected chi connectivity index (χ3v) is 3.39. The van der Waals surface area contributed by atoms with E-state index in [1.54, 1.807) is 19.0 Å². The Balaban J connectivity index is 2.46. The summed E-state index contributed by atoms with van der Waals surface area (Å²) in [5.41, 5.74) is 0. The summed E-state index contributed by atoms with van der Waals surface area (Å²) in [6.45, 7) is 3.28. The predicted molar refractivity (Wildman–Crippen MR) is 79.3 cm³/mol. The van der Waals surface area contributed by atoms with Crippen molar-refractivity contribution in [1.29, 1.82) is 0 Å². The smallest absolute Gasteiger partial charge is 0.243 e. The maximum atomic E-state index is 11.6. The van der Waals surface area contributed by atoms with Crippen LogP contribution in [0, 0.1) is 0 Å². The Morgan fingerprint density at radius 3 is 2.58 bits per heavy atom. The molecular formula is C14H28N4O. The maximum Gasteiger partial charge on any atom is 0.243 e. The van der Waals surface area contributed by atoms with Crippen molar-refractivity contribution in [2.75, 3.05) is 27.2 Å². The van der Waals surface area contributed by atoms with Gasteiger partial charge in [0, 0.05) is 26.7 Å².